The van der Waals surface area contributed by atoms with E-state index in [1.807, 2.05) is 49.6 Å². The first-order chi connectivity index (χ1) is 10.4. The highest BCUT2D eigenvalue weighted by Crippen LogP contribution is 2.24. The number of thioether (sulfide) groups is 1. The molecule has 0 aliphatic carbocycles. The maximum atomic E-state index is 12.4. The molecule has 0 radical (unpaired) electrons. The van der Waals surface area contributed by atoms with Crippen LogP contribution in [0.15, 0.2) is 35.7 Å². The number of pyridine rings is 1. The Bertz CT molecular complexity index is 718. The number of aromatic nitrogens is 2. The third-order valence-electron chi connectivity index (χ3n) is 3.83. The Labute approximate surface area is 134 Å². The molecule has 0 fully saturated rings. The maximum Gasteiger partial charge on any atom is 0.234 e. The summed E-state index contributed by atoms with van der Waals surface area (Å²) in [5, 5.41) is 12.6. The highest BCUT2D eigenvalue weighted by Gasteiger charge is 2.32. The third-order valence-corrected chi connectivity index (χ3v) is 4.91. The van der Waals surface area contributed by atoms with E-state index in [1.54, 1.807) is 13.1 Å². The quantitative estimate of drug-likeness (QED) is 0.861. The Morgan fingerprint density at radius 2 is 2.18 bits per heavy atom. The first-order valence-electron chi connectivity index (χ1n) is 7.19. The zero-order chi connectivity index (χ0) is 16.3. The number of rotatable bonds is 5. The second-order valence-electron chi connectivity index (χ2n) is 5.75. The predicted molar refractivity (Wildman–Crippen MR) is 87.5 cm³/mol. The standard InChI is InChI=1S/C16H20N4OS/c1-11(2)16(4,10-17)19-14(21)12(3)22-15-18-9-13-7-5-6-8-20(13)15/h5-9,11-12H,1-4H3,(H,19,21)/t12-,16-/m1/s1. The summed E-state index contributed by atoms with van der Waals surface area (Å²) in [5.41, 5.74) is 0.127. The molecule has 2 rings (SSSR count). The molecule has 2 atom stereocenters. The van der Waals surface area contributed by atoms with Gasteiger partial charge in [-0.1, -0.05) is 31.7 Å². The molecule has 6 heteroatoms. The summed E-state index contributed by atoms with van der Waals surface area (Å²) in [6.07, 6.45) is 3.70. The molecule has 1 amide bonds. The van der Waals surface area contributed by atoms with Crippen molar-refractivity contribution in [3.05, 3.63) is 30.6 Å². The minimum atomic E-state index is -0.861. The number of nitriles is 1. The number of carbonyl (C=O) groups excluding carboxylic acids is 1. The summed E-state index contributed by atoms with van der Waals surface area (Å²) in [4.78, 5) is 16.7. The maximum absolute atomic E-state index is 12.4. The van der Waals surface area contributed by atoms with Crippen molar-refractivity contribution in [1.29, 1.82) is 5.26 Å². The van der Waals surface area contributed by atoms with Gasteiger partial charge in [0, 0.05) is 6.20 Å². The van der Waals surface area contributed by atoms with Crippen molar-refractivity contribution in [3.8, 4) is 6.07 Å². The van der Waals surface area contributed by atoms with E-state index < -0.39 is 5.54 Å². The smallest absolute Gasteiger partial charge is 0.234 e. The van der Waals surface area contributed by atoms with Crippen LogP contribution in [0.5, 0.6) is 0 Å². The van der Waals surface area contributed by atoms with Crippen LogP contribution in [0.3, 0.4) is 0 Å². The monoisotopic (exact) mass is 316 g/mol. The summed E-state index contributed by atoms with van der Waals surface area (Å²) in [7, 11) is 0. The van der Waals surface area contributed by atoms with Crippen LogP contribution in [0.4, 0.5) is 0 Å². The molecule has 1 N–H and O–H groups in total. The molecule has 0 spiro atoms. The van der Waals surface area contributed by atoms with Crippen LogP contribution in [0.1, 0.15) is 27.7 Å². The molecule has 0 aromatic carbocycles. The SMILES string of the molecule is CC(C)[C@@](C)(C#N)NC(=O)[C@@H](C)Sc1ncc2ccccn12. The number of hydrogen-bond donors (Lipinski definition) is 1. The van der Waals surface area contributed by atoms with Gasteiger partial charge < -0.3 is 5.32 Å². The molecule has 0 saturated heterocycles. The Morgan fingerprint density at radius 3 is 2.82 bits per heavy atom. The largest absolute Gasteiger partial charge is 0.337 e. The van der Waals surface area contributed by atoms with Crippen LogP contribution in [0, 0.1) is 17.2 Å². The molecular formula is C16H20N4OS. The fourth-order valence-corrected chi connectivity index (χ4v) is 2.75. The van der Waals surface area contributed by atoms with E-state index in [0.717, 1.165) is 10.7 Å². The number of nitrogens with one attached hydrogen (secondary N) is 1. The Hall–Kier alpha value is -2.00. The second kappa shape index (κ2) is 6.41. The Balaban J connectivity index is 2.11. The van der Waals surface area contributed by atoms with E-state index in [-0.39, 0.29) is 17.1 Å². The van der Waals surface area contributed by atoms with E-state index in [0.29, 0.717) is 0 Å². The van der Waals surface area contributed by atoms with Gasteiger partial charge in [0.05, 0.1) is 23.0 Å². The zero-order valence-electron chi connectivity index (χ0n) is 13.2. The van der Waals surface area contributed by atoms with Crippen LogP contribution in [0.25, 0.3) is 5.52 Å². The van der Waals surface area contributed by atoms with Crippen molar-refractivity contribution >= 4 is 23.2 Å². The van der Waals surface area contributed by atoms with Crippen molar-refractivity contribution in [1.82, 2.24) is 14.7 Å². The minimum absolute atomic E-state index is 0.0332. The molecular weight excluding hydrogens is 296 g/mol. The molecule has 22 heavy (non-hydrogen) atoms. The molecule has 0 aliphatic rings. The lowest BCUT2D eigenvalue weighted by Crippen LogP contribution is -2.51. The van der Waals surface area contributed by atoms with Crippen molar-refractivity contribution in [3.63, 3.8) is 0 Å². The lowest BCUT2D eigenvalue weighted by Gasteiger charge is -2.28. The normalized spacial score (nSPS) is 15.3. The zero-order valence-corrected chi connectivity index (χ0v) is 14.0. The van der Waals surface area contributed by atoms with Crippen LogP contribution in [-0.2, 0) is 4.79 Å². The van der Waals surface area contributed by atoms with Gasteiger partial charge in [-0.25, -0.2) is 4.98 Å². The van der Waals surface area contributed by atoms with Gasteiger partial charge in [-0.3, -0.25) is 9.20 Å². The number of amides is 1. The van der Waals surface area contributed by atoms with Crippen LogP contribution in [-0.4, -0.2) is 26.1 Å². The molecule has 0 saturated carbocycles. The average Bonchev–Trinajstić information content (AvgIpc) is 2.90. The topological polar surface area (TPSA) is 70.2 Å². The van der Waals surface area contributed by atoms with Gasteiger partial charge in [-0.15, -0.1) is 0 Å². The fraction of sp³-hybridized carbons (Fsp3) is 0.438. The summed E-state index contributed by atoms with van der Waals surface area (Å²) in [6.45, 7) is 7.41. The Kier molecular flexibility index (Phi) is 4.77. The highest BCUT2D eigenvalue weighted by molar-refractivity contribution is 8.00. The third kappa shape index (κ3) is 3.25. The molecule has 0 bridgehead atoms. The Morgan fingerprint density at radius 1 is 1.45 bits per heavy atom. The average molecular weight is 316 g/mol. The first-order valence-corrected chi connectivity index (χ1v) is 8.07. The second-order valence-corrected chi connectivity index (χ2v) is 7.06. The van der Waals surface area contributed by atoms with Gasteiger partial charge >= 0.3 is 0 Å². The number of nitrogens with zero attached hydrogens (tertiary/aromatic N) is 3. The lowest BCUT2D eigenvalue weighted by atomic mass is 9.90. The number of imidazole rings is 1. The van der Waals surface area contributed by atoms with Crippen LogP contribution < -0.4 is 5.32 Å². The van der Waals surface area contributed by atoms with E-state index in [4.69, 9.17) is 0 Å². The summed E-state index contributed by atoms with van der Waals surface area (Å²) in [5.74, 6) is -0.124. The first kappa shape index (κ1) is 16.4. The summed E-state index contributed by atoms with van der Waals surface area (Å²) < 4.78 is 1.94. The van der Waals surface area contributed by atoms with Gasteiger partial charge in [0.2, 0.25) is 5.91 Å². The number of fused-ring (bicyclic) bond motifs is 1. The summed E-state index contributed by atoms with van der Waals surface area (Å²) in [6, 6.07) is 8.03. The molecule has 0 aliphatic heterocycles. The summed E-state index contributed by atoms with van der Waals surface area (Å²) >= 11 is 1.38. The number of carbonyl (C=O) groups is 1. The van der Waals surface area contributed by atoms with Crippen LogP contribution in [0.2, 0.25) is 0 Å². The van der Waals surface area contributed by atoms with Gasteiger partial charge in [-0.05, 0) is 31.9 Å². The highest BCUT2D eigenvalue weighted by atomic mass is 32.2. The van der Waals surface area contributed by atoms with Crippen molar-refractivity contribution in [2.45, 2.75) is 43.6 Å². The van der Waals surface area contributed by atoms with Gasteiger partial charge in [0.15, 0.2) is 5.16 Å². The lowest BCUT2D eigenvalue weighted by molar-refractivity contribution is -0.121. The molecule has 5 nitrogen and oxygen atoms in total. The molecule has 116 valence electrons. The molecule has 2 aromatic rings. The van der Waals surface area contributed by atoms with Crippen molar-refractivity contribution < 1.29 is 4.79 Å². The van der Waals surface area contributed by atoms with Gasteiger partial charge in [-0.2, -0.15) is 5.26 Å². The van der Waals surface area contributed by atoms with E-state index in [9.17, 15) is 10.1 Å². The van der Waals surface area contributed by atoms with Crippen molar-refractivity contribution in [2.75, 3.05) is 0 Å². The van der Waals surface area contributed by atoms with E-state index >= 15 is 0 Å². The molecule has 2 heterocycles. The predicted octanol–water partition coefficient (Wildman–Crippen LogP) is 2.87. The van der Waals surface area contributed by atoms with Crippen LogP contribution >= 0.6 is 11.8 Å². The number of hydrogen-bond acceptors (Lipinski definition) is 4. The molecule has 2 aromatic heterocycles. The van der Waals surface area contributed by atoms with Gasteiger partial charge in [0.1, 0.15) is 5.54 Å². The fourth-order valence-electron chi connectivity index (χ4n) is 1.88. The van der Waals surface area contributed by atoms with Crippen molar-refractivity contribution in [2.24, 2.45) is 5.92 Å². The van der Waals surface area contributed by atoms with E-state index in [1.165, 1.54) is 11.8 Å². The molecule has 0 unspecified atom stereocenters. The minimum Gasteiger partial charge on any atom is -0.337 e. The van der Waals surface area contributed by atoms with E-state index in [2.05, 4.69) is 16.4 Å². The van der Waals surface area contributed by atoms with Gasteiger partial charge in [0.25, 0.3) is 0 Å².